The van der Waals surface area contributed by atoms with E-state index in [-0.39, 0.29) is 11.8 Å². The van der Waals surface area contributed by atoms with Gasteiger partial charge >= 0.3 is 5.97 Å². The number of aliphatic carboxylic acids is 1. The molecule has 104 valence electrons. The third kappa shape index (κ3) is 4.39. The van der Waals surface area contributed by atoms with Crippen LogP contribution in [-0.2, 0) is 9.59 Å². The van der Waals surface area contributed by atoms with E-state index in [1.54, 1.807) is 0 Å². The molecule has 1 rings (SSSR count). The Morgan fingerprint density at radius 1 is 1.21 bits per heavy atom. The van der Waals surface area contributed by atoms with E-state index in [1.165, 1.54) is 0 Å². The lowest BCUT2D eigenvalue weighted by Gasteiger charge is -2.19. The number of carbonyl (C=O) groups excluding carboxylic acids is 1. The Hall–Kier alpha value is -1.84. The summed E-state index contributed by atoms with van der Waals surface area (Å²) in [4.78, 5) is 23.2. The van der Waals surface area contributed by atoms with Crippen molar-refractivity contribution in [1.82, 2.24) is 5.32 Å². The monoisotopic (exact) mass is 263 g/mol. The summed E-state index contributed by atoms with van der Waals surface area (Å²) in [6.07, 6.45) is 1.82. The molecular formula is C15H21NO3. The summed E-state index contributed by atoms with van der Waals surface area (Å²) < 4.78 is 0. The molecule has 2 N–H and O–H groups in total. The first-order valence-electron chi connectivity index (χ1n) is 6.68. The molecule has 0 spiro atoms. The zero-order valence-electron chi connectivity index (χ0n) is 11.4. The maximum absolute atomic E-state index is 12.2. The van der Waals surface area contributed by atoms with Crippen LogP contribution in [0.25, 0.3) is 0 Å². The minimum Gasteiger partial charge on any atom is -0.480 e. The first kappa shape index (κ1) is 15.2. The predicted molar refractivity (Wildman–Crippen MR) is 73.9 cm³/mol. The summed E-state index contributed by atoms with van der Waals surface area (Å²) in [5, 5.41) is 11.7. The molecule has 0 aliphatic heterocycles. The van der Waals surface area contributed by atoms with Crippen LogP contribution in [-0.4, -0.2) is 23.0 Å². The van der Waals surface area contributed by atoms with Gasteiger partial charge in [0.2, 0.25) is 5.91 Å². The molecule has 2 atom stereocenters. The number of benzene rings is 1. The molecule has 0 radical (unpaired) electrons. The van der Waals surface area contributed by atoms with Gasteiger partial charge in [0, 0.05) is 0 Å². The number of hydrogen-bond donors (Lipinski definition) is 2. The van der Waals surface area contributed by atoms with Crippen LogP contribution in [0, 0.1) is 0 Å². The molecule has 4 heteroatoms. The Labute approximate surface area is 113 Å². The van der Waals surface area contributed by atoms with Gasteiger partial charge in [0.25, 0.3) is 0 Å². The molecule has 0 fully saturated rings. The number of rotatable bonds is 7. The highest BCUT2D eigenvalue weighted by Crippen LogP contribution is 2.19. The Bertz CT molecular complexity index is 417. The van der Waals surface area contributed by atoms with Gasteiger partial charge in [0.15, 0.2) is 0 Å². The average molecular weight is 263 g/mol. The van der Waals surface area contributed by atoms with E-state index in [9.17, 15) is 9.59 Å². The molecule has 0 saturated heterocycles. The molecule has 1 amide bonds. The quantitative estimate of drug-likeness (QED) is 0.794. The number of carboxylic acid groups (broad SMARTS) is 1. The predicted octanol–water partition coefficient (Wildman–Crippen LogP) is 2.55. The third-order valence-corrected chi connectivity index (χ3v) is 3.12. The lowest BCUT2D eigenvalue weighted by Crippen LogP contribution is -2.42. The van der Waals surface area contributed by atoms with Gasteiger partial charge in [-0.1, -0.05) is 50.6 Å². The Morgan fingerprint density at radius 3 is 2.32 bits per heavy atom. The van der Waals surface area contributed by atoms with E-state index in [2.05, 4.69) is 5.32 Å². The molecule has 19 heavy (non-hydrogen) atoms. The Morgan fingerprint density at radius 2 is 1.84 bits per heavy atom. The maximum atomic E-state index is 12.2. The summed E-state index contributed by atoms with van der Waals surface area (Å²) in [5.74, 6) is -1.48. The number of nitrogens with one attached hydrogen (secondary N) is 1. The second-order valence-corrected chi connectivity index (χ2v) is 4.56. The largest absolute Gasteiger partial charge is 0.480 e. The van der Waals surface area contributed by atoms with Crippen LogP contribution in [0.4, 0.5) is 0 Å². The van der Waals surface area contributed by atoms with Gasteiger partial charge in [-0.2, -0.15) is 0 Å². The molecule has 1 aromatic rings. The van der Waals surface area contributed by atoms with Crippen molar-refractivity contribution in [3.63, 3.8) is 0 Å². The smallest absolute Gasteiger partial charge is 0.326 e. The lowest BCUT2D eigenvalue weighted by molar-refractivity contribution is -0.142. The molecule has 1 aromatic carbocycles. The fourth-order valence-corrected chi connectivity index (χ4v) is 2.08. The zero-order chi connectivity index (χ0) is 14.3. The number of amides is 1. The van der Waals surface area contributed by atoms with E-state index in [4.69, 9.17) is 5.11 Å². The number of hydrogen-bond acceptors (Lipinski definition) is 2. The van der Waals surface area contributed by atoms with Gasteiger partial charge in [-0.25, -0.2) is 4.79 Å². The molecule has 0 saturated carbocycles. The Kier molecular flexibility index (Phi) is 6.06. The summed E-state index contributed by atoms with van der Waals surface area (Å²) in [5.41, 5.74) is 0.920. The standard InChI is InChI=1S/C15H21NO3/c1-3-8-13(15(18)19)16-14(17)12(4-2)11-9-6-5-7-10-11/h5-7,9-10,12-13H,3-4,8H2,1-2H3,(H,16,17)(H,18,19)/t12?,13-/m0/s1. The van der Waals surface area contributed by atoms with Crippen LogP contribution in [0.5, 0.6) is 0 Å². The number of carboxylic acids is 1. The highest BCUT2D eigenvalue weighted by molar-refractivity contribution is 5.88. The SMILES string of the molecule is CCC[C@H](NC(=O)C(CC)c1ccccc1)C(=O)O. The van der Waals surface area contributed by atoms with Crippen LogP contribution in [0.2, 0.25) is 0 Å². The topological polar surface area (TPSA) is 66.4 Å². The molecule has 0 aliphatic rings. The molecule has 0 aliphatic carbocycles. The zero-order valence-corrected chi connectivity index (χ0v) is 11.4. The molecule has 0 aromatic heterocycles. The van der Waals surface area contributed by atoms with Crippen LogP contribution in [0.1, 0.15) is 44.6 Å². The van der Waals surface area contributed by atoms with Crippen molar-refractivity contribution in [3.8, 4) is 0 Å². The summed E-state index contributed by atoms with van der Waals surface area (Å²) in [6, 6.07) is 8.64. The molecule has 1 unspecified atom stereocenters. The van der Waals surface area contributed by atoms with Crippen molar-refractivity contribution in [2.75, 3.05) is 0 Å². The van der Waals surface area contributed by atoms with Crippen molar-refractivity contribution >= 4 is 11.9 Å². The van der Waals surface area contributed by atoms with Gasteiger partial charge in [-0.05, 0) is 18.4 Å². The second-order valence-electron chi connectivity index (χ2n) is 4.56. The van der Waals surface area contributed by atoms with Gasteiger partial charge in [0.05, 0.1) is 5.92 Å². The molecule has 4 nitrogen and oxygen atoms in total. The van der Waals surface area contributed by atoms with Crippen molar-refractivity contribution in [3.05, 3.63) is 35.9 Å². The van der Waals surface area contributed by atoms with Crippen molar-refractivity contribution in [1.29, 1.82) is 0 Å². The highest BCUT2D eigenvalue weighted by Gasteiger charge is 2.24. The normalized spacial score (nSPS) is 13.6. The van der Waals surface area contributed by atoms with E-state index in [1.807, 2.05) is 44.2 Å². The van der Waals surface area contributed by atoms with E-state index < -0.39 is 12.0 Å². The minimum absolute atomic E-state index is 0.213. The molecule has 0 heterocycles. The first-order valence-corrected chi connectivity index (χ1v) is 6.68. The average Bonchev–Trinajstić information content (AvgIpc) is 2.40. The van der Waals surface area contributed by atoms with E-state index >= 15 is 0 Å². The fraction of sp³-hybridized carbons (Fsp3) is 0.467. The Balaban J connectivity index is 2.76. The van der Waals surface area contributed by atoms with Crippen LogP contribution < -0.4 is 5.32 Å². The lowest BCUT2D eigenvalue weighted by atomic mass is 9.95. The van der Waals surface area contributed by atoms with Crippen molar-refractivity contribution in [2.24, 2.45) is 0 Å². The first-order chi connectivity index (χ1) is 9.10. The van der Waals surface area contributed by atoms with Gasteiger partial charge in [-0.3, -0.25) is 4.79 Å². The van der Waals surface area contributed by atoms with Gasteiger partial charge < -0.3 is 10.4 Å². The van der Waals surface area contributed by atoms with Gasteiger partial charge in [0.1, 0.15) is 6.04 Å². The summed E-state index contributed by atoms with van der Waals surface area (Å²) in [6.45, 7) is 3.82. The summed E-state index contributed by atoms with van der Waals surface area (Å²) in [7, 11) is 0. The van der Waals surface area contributed by atoms with Crippen molar-refractivity contribution in [2.45, 2.75) is 45.1 Å². The van der Waals surface area contributed by atoms with Gasteiger partial charge in [-0.15, -0.1) is 0 Å². The maximum Gasteiger partial charge on any atom is 0.326 e. The van der Waals surface area contributed by atoms with Crippen molar-refractivity contribution < 1.29 is 14.7 Å². The van der Waals surface area contributed by atoms with Crippen LogP contribution in [0.3, 0.4) is 0 Å². The molecular weight excluding hydrogens is 242 g/mol. The third-order valence-electron chi connectivity index (χ3n) is 3.12. The minimum atomic E-state index is -0.974. The molecule has 0 bridgehead atoms. The van der Waals surface area contributed by atoms with E-state index in [0.29, 0.717) is 12.8 Å². The highest BCUT2D eigenvalue weighted by atomic mass is 16.4. The van der Waals surface area contributed by atoms with Crippen LogP contribution in [0.15, 0.2) is 30.3 Å². The summed E-state index contributed by atoms with van der Waals surface area (Å²) >= 11 is 0. The number of carbonyl (C=O) groups is 2. The van der Waals surface area contributed by atoms with E-state index in [0.717, 1.165) is 12.0 Å². The van der Waals surface area contributed by atoms with Crippen LogP contribution >= 0.6 is 0 Å². The second kappa shape index (κ2) is 7.56. The fourth-order valence-electron chi connectivity index (χ4n) is 2.08.